The number of ether oxygens (including phenoxy) is 2. The molecule has 0 unspecified atom stereocenters. The van der Waals surface area contributed by atoms with Gasteiger partial charge in [-0.1, -0.05) is 18.2 Å². The van der Waals surface area contributed by atoms with Crippen LogP contribution in [-0.4, -0.2) is 25.1 Å². The Morgan fingerprint density at radius 3 is 2.53 bits per heavy atom. The van der Waals surface area contributed by atoms with Crippen molar-refractivity contribution >= 4 is 17.7 Å². The van der Waals surface area contributed by atoms with Crippen LogP contribution < -0.4 is 0 Å². The van der Waals surface area contributed by atoms with E-state index in [0.29, 0.717) is 5.56 Å². The molecule has 6 heteroatoms. The number of para-hydroxylation sites is 1. The number of hydrogen-bond donors (Lipinski definition) is 0. The van der Waals surface area contributed by atoms with Crippen LogP contribution in [0.15, 0.2) is 42.2 Å². The molecule has 0 aliphatic carbocycles. The molecule has 19 heavy (non-hydrogen) atoms. The fourth-order valence-corrected chi connectivity index (χ4v) is 1.35. The highest BCUT2D eigenvalue weighted by Crippen LogP contribution is 2.19. The molecular formula is C13H13NO5. The van der Waals surface area contributed by atoms with Gasteiger partial charge in [0.2, 0.25) is 5.76 Å². The van der Waals surface area contributed by atoms with E-state index >= 15 is 0 Å². The van der Waals surface area contributed by atoms with Crippen LogP contribution in [0.25, 0.3) is 6.08 Å². The highest BCUT2D eigenvalue weighted by atomic mass is 16.6. The van der Waals surface area contributed by atoms with Gasteiger partial charge in [-0.3, -0.25) is 10.1 Å². The third-order valence-electron chi connectivity index (χ3n) is 2.26. The average molecular weight is 263 g/mol. The van der Waals surface area contributed by atoms with E-state index in [2.05, 4.69) is 4.74 Å². The Morgan fingerprint density at radius 2 is 1.95 bits per heavy atom. The minimum absolute atomic E-state index is 0.0100. The Kier molecular flexibility index (Phi) is 5.28. The lowest BCUT2D eigenvalue weighted by atomic mass is 10.1. The van der Waals surface area contributed by atoms with Crippen molar-refractivity contribution in [1.82, 2.24) is 0 Å². The SMILES string of the molecule is COC(=O)C(=CC=Cc1ccccc1[N+](=O)[O-])OC. The summed E-state index contributed by atoms with van der Waals surface area (Å²) in [6.45, 7) is 0. The molecule has 6 nitrogen and oxygen atoms in total. The van der Waals surface area contributed by atoms with Crippen LogP contribution in [0.4, 0.5) is 5.69 Å². The third-order valence-corrected chi connectivity index (χ3v) is 2.26. The molecule has 0 fully saturated rings. The van der Waals surface area contributed by atoms with Crippen molar-refractivity contribution in [2.75, 3.05) is 14.2 Å². The first-order valence-corrected chi connectivity index (χ1v) is 5.34. The monoisotopic (exact) mass is 263 g/mol. The van der Waals surface area contributed by atoms with Crippen molar-refractivity contribution in [3.8, 4) is 0 Å². The van der Waals surface area contributed by atoms with Gasteiger partial charge in [-0.2, -0.15) is 0 Å². The van der Waals surface area contributed by atoms with Crippen molar-refractivity contribution in [2.45, 2.75) is 0 Å². The Hall–Kier alpha value is -2.63. The maximum absolute atomic E-state index is 11.2. The van der Waals surface area contributed by atoms with Gasteiger partial charge >= 0.3 is 5.97 Å². The normalized spacial score (nSPS) is 11.4. The van der Waals surface area contributed by atoms with Gasteiger partial charge < -0.3 is 9.47 Å². The lowest BCUT2D eigenvalue weighted by Gasteiger charge is -2.01. The first-order valence-electron chi connectivity index (χ1n) is 5.34. The molecule has 1 aromatic rings. The largest absolute Gasteiger partial charge is 0.490 e. The van der Waals surface area contributed by atoms with Gasteiger partial charge in [-0.15, -0.1) is 0 Å². The van der Waals surface area contributed by atoms with Crippen molar-refractivity contribution in [2.24, 2.45) is 0 Å². The van der Waals surface area contributed by atoms with Crippen molar-refractivity contribution in [3.05, 3.63) is 57.9 Å². The minimum Gasteiger partial charge on any atom is -0.490 e. The fourth-order valence-electron chi connectivity index (χ4n) is 1.35. The molecule has 0 amide bonds. The zero-order chi connectivity index (χ0) is 14.3. The van der Waals surface area contributed by atoms with E-state index in [0.717, 1.165) is 0 Å². The number of nitrogens with zero attached hydrogens (tertiary/aromatic N) is 1. The van der Waals surface area contributed by atoms with E-state index < -0.39 is 10.9 Å². The molecule has 0 N–H and O–H groups in total. The predicted octanol–water partition coefficient (Wildman–Crippen LogP) is 2.31. The Labute approximate surface area is 110 Å². The minimum atomic E-state index is -0.616. The topological polar surface area (TPSA) is 78.7 Å². The summed E-state index contributed by atoms with van der Waals surface area (Å²) in [5.74, 6) is -0.605. The van der Waals surface area contributed by atoms with E-state index in [4.69, 9.17) is 4.74 Å². The summed E-state index contributed by atoms with van der Waals surface area (Å²) in [6.07, 6.45) is 4.38. The van der Waals surface area contributed by atoms with Crippen LogP contribution in [0, 0.1) is 10.1 Å². The lowest BCUT2D eigenvalue weighted by molar-refractivity contribution is -0.385. The number of carbonyl (C=O) groups is 1. The molecule has 0 aromatic heterocycles. The molecule has 0 saturated heterocycles. The maximum Gasteiger partial charge on any atom is 0.373 e. The molecule has 0 bridgehead atoms. The molecule has 100 valence electrons. The second-order valence-corrected chi connectivity index (χ2v) is 3.40. The molecule has 0 heterocycles. The summed E-state index contributed by atoms with van der Waals surface area (Å²) in [7, 11) is 2.57. The fraction of sp³-hybridized carbons (Fsp3) is 0.154. The van der Waals surface area contributed by atoms with Crippen LogP contribution >= 0.6 is 0 Å². The van der Waals surface area contributed by atoms with E-state index in [1.54, 1.807) is 18.2 Å². The highest BCUT2D eigenvalue weighted by Gasteiger charge is 2.10. The molecular weight excluding hydrogens is 250 g/mol. The van der Waals surface area contributed by atoms with Gasteiger partial charge in [0.25, 0.3) is 5.69 Å². The number of nitro benzene ring substituents is 1. The van der Waals surface area contributed by atoms with Crippen molar-refractivity contribution in [1.29, 1.82) is 0 Å². The van der Waals surface area contributed by atoms with Crippen LogP contribution in [0.5, 0.6) is 0 Å². The van der Waals surface area contributed by atoms with Gasteiger partial charge in [0.15, 0.2) is 0 Å². The smallest absolute Gasteiger partial charge is 0.373 e. The Bertz CT molecular complexity index is 534. The summed E-state index contributed by atoms with van der Waals surface area (Å²) in [6, 6.07) is 6.28. The molecule has 0 saturated carbocycles. The standard InChI is InChI=1S/C13H13NO5/c1-18-12(13(15)19-2)9-5-7-10-6-3-4-8-11(10)14(16)17/h3-9H,1-2H3. The number of nitro groups is 1. The lowest BCUT2D eigenvalue weighted by Crippen LogP contribution is -2.05. The average Bonchev–Trinajstić information content (AvgIpc) is 2.43. The van der Waals surface area contributed by atoms with Gasteiger partial charge in [-0.05, 0) is 18.2 Å². The van der Waals surface area contributed by atoms with Gasteiger partial charge in [0.1, 0.15) is 0 Å². The summed E-state index contributed by atoms with van der Waals surface area (Å²) < 4.78 is 9.31. The first-order chi connectivity index (χ1) is 9.10. The van der Waals surface area contributed by atoms with Crippen molar-refractivity contribution in [3.63, 3.8) is 0 Å². The van der Waals surface area contributed by atoms with Crippen LogP contribution in [0.1, 0.15) is 5.56 Å². The Morgan fingerprint density at radius 1 is 1.26 bits per heavy atom. The summed E-state index contributed by atoms with van der Waals surface area (Å²) >= 11 is 0. The molecule has 0 radical (unpaired) electrons. The number of carbonyl (C=O) groups excluding carboxylic acids is 1. The summed E-state index contributed by atoms with van der Waals surface area (Å²) in [4.78, 5) is 21.5. The molecule has 0 aliphatic heterocycles. The van der Waals surface area contributed by atoms with Crippen LogP contribution in [-0.2, 0) is 14.3 Å². The molecule has 1 aromatic carbocycles. The van der Waals surface area contributed by atoms with E-state index in [1.165, 1.54) is 38.5 Å². The first kappa shape index (κ1) is 14.4. The van der Waals surface area contributed by atoms with E-state index in [1.807, 2.05) is 0 Å². The van der Waals surface area contributed by atoms with Gasteiger partial charge in [-0.25, -0.2) is 4.79 Å². The Balaban J connectivity index is 2.96. The molecule has 1 rings (SSSR count). The number of hydrogen-bond acceptors (Lipinski definition) is 5. The highest BCUT2D eigenvalue weighted by molar-refractivity contribution is 5.86. The van der Waals surface area contributed by atoms with Crippen molar-refractivity contribution < 1.29 is 19.2 Å². The predicted molar refractivity (Wildman–Crippen MR) is 69.2 cm³/mol. The number of esters is 1. The van der Waals surface area contributed by atoms with Crippen LogP contribution in [0.2, 0.25) is 0 Å². The van der Waals surface area contributed by atoms with Crippen LogP contribution in [0.3, 0.4) is 0 Å². The number of allylic oxidation sites excluding steroid dienone is 2. The number of rotatable bonds is 5. The molecule has 0 aliphatic rings. The van der Waals surface area contributed by atoms with E-state index in [-0.39, 0.29) is 11.4 Å². The quantitative estimate of drug-likeness (QED) is 0.203. The van der Waals surface area contributed by atoms with E-state index in [9.17, 15) is 14.9 Å². The molecule has 0 spiro atoms. The zero-order valence-electron chi connectivity index (χ0n) is 10.5. The number of methoxy groups -OCH3 is 2. The van der Waals surface area contributed by atoms with Gasteiger partial charge in [0.05, 0.1) is 24.7 Å². The van der Waals surface area contributed by atoms with Gasteiger partial charge in [0, 0.05) is 6.07 Å². The second-order valence-electron chi connectivity index (χ2n) is 3.40. The second kappa shape index (κ2) is 6.95. The summed E-state index contributed by atoms with van der Waals surface area (Å²) in [5, 5.41) is 10.8. The number of benzene rings is 1. The zero-order valence-corrected chi connectivity index (χ0v) is 10.5. The maximum atomic E-state index is 11.2. The third kappa shape index (κ3) is 3.95. The molecule has 0 atom stereocenters. The summed E-state index contributed by atoms with van der Waals surface area (Å²) in [5.41, 5.74) is 0.424.